The zero-order chi connectivity index (χ0) is 12.7. The highest BCUT2D eigenvalue weighted by molar-refractivity contribution is 5.50. The van der Waals surface area contributed by atoms with Crippen molar-refractivity contribution in [2.45, 2.75) is 13.8 Å². The van der Waals surface area contributed by atoms with Gasteiger partial charge >= 0.3 is 0 Å². The highest BCUT2D eigenvalue weighted by Crippen LogP contribution is 2.23. The van der Waals surface area contributed by atoms with E-state index in [-0.39, 0.29) is 0 Å². The molecule has 0 aliphatic rings. The Balaban J connectivity index is 2.48. The minimum atomic E-state index is 0.655. The monoisotopic (exact) mass is 238 g/mol. The van der Waals surface area contributed by atoms with Gasteiger partial charge in [-0.25, -0.2) is 0 Å². The van der Waals surface area contributed by atoms with Crippen LogP contribution in [0.4, 0.5) is 5.69 Å². The molecule has 0 bridgehead atoms. The molecule has 0 heterocycles. The molecule has 0 amide bonds. The Morgan fingerprint density at radius 2 is 1.76 bits per heavy atom. The van der Waals surface area contributed by atoms with Crippen molar-refractivity contribution in [3.63, 3.8) is 0 Å². The van der Waals surface area contributed by atoms with Crippen LogP contribution < -0.4 is 15.2 Å². The van der Waals surface area contributed by atoms with Gasteiger partial charge in [0.25, 0.3) is 0 Å². The van der Waals surface area contributed by atoms with Gasteiger partial charge in [-0.05, 0) is 13.1 Å². The third-order valence-electron chi connectivity index (χ3n) is 2.71. The Labute approximate surface area is 103 Å². The summed E-state index contributed by atoms with van der Waals surface area (Å²) in [5.41, 5.74) is 6.40. The number of hydrogen-bond acceptors (Lipinski definition) is 4. The summed E-state index contributed by atoms with van der Waals surface area (Å²) in [4.78, 5) is 2.31. The molecular weight excluding hydrogens is 216 g/mol. The van der Waals surface area contributed by atoms with Gasteiger partial charge in [0, 0.05) is 30.4 Å². The summed E-state index contributed by atoms with van der Waals surface area (Å²) >= 11 is 0. The van der Waals surface area contributed by atoms with Crippen molar-refractivity contribution in [1.82, 2.24) is 4.90 Å². The second-order valence-electron chi connectivity index (χ2n) is 3.82. The van der Waals surface area contributed by atoms with E-state index in [1.807, 2.05) is 12.1 Å². The topological polar surface area (TPSA) is 47.7 Å². The predicted octanol–water partition coefficient (Wildman–Crippen LogP) is 2.00. The van der Waals surface area contributed by atoms with E-state index in [0.29, 0.717) is 12.3 Å². The number of methoxy groups -OCH3 is 1. The Morgan fingerprint density at radius 3 is 2.35 bits per heavy atom. The third-order valence-corrected chi connectivity index (χ3v) is 2.71. The summed E-state index contributed by atoms with van der Waals surface area (Å²) in [6.45, 7) is 7.96. The normalized spacial score (nSPS) is 10.6. The summed E-state index contributed by atoms with van der Waals surface area (Å²) < 4.78 is 10.8. The first-order valence-electron chi connectivity index (χ1n) is 5.99. The number of ether oxygens (including phenoxy) is 2. The van der Waals surface area contributed by atoms with Gasteiger partial charge in [0.1, 0.15) is 18.1 Å². The maximum Gasteiger partial charge on any atom is 0.125 e. The molecule has 0 aliphatic carbocycles. The lowest BCUT2D eigenvalue weighted by Crippen LogP contribution is -2.27. The number of nitrogens with zero attached hydrogens (tertiary/aromatic N) is 1. The maximum atomic E-state index is 5.75. The minimum absolute atomic E-state index is 0.655. The van der Waals surface area contributed by atoms with E-state index in [4.69, 9.17) is 15.2 Å². The zero-order valence-electron chi connectivity index (χ0n) is 10.9. The van der Waals surface area contributed by atoms with E-state index in [0.717, 1.165) is 31.1 Å². The zero-order valence-corrected chi connectivity index (χ0v) is 10.9. The number of nitrogens with two attached hydrogens (primary N) is 1. The summed E-state index contributed by atoms with van der Waals surface area (Å²) in [5.74, 6) is 1.48. The van der Waals surface area contributed by atoms with Crippen LogP contribution in [0.1, 0.15) is 13.8 Å². The van der Waals surface area contributed by atoms with E-state index in [1.54, 1.807) is 13.2 Å². The lowest BCUT2D eigenvalue weighted by Gasteiger charge is -2.18. The molecule has 0 saturated carbocycles. The van der Waals surface area contributed by atoms with Gasteiger partial charge in [-0.3, -0.25) is 0 Å². The Morgan fingerprint density at radius 1 is 1.12 bits per heavy atom. The highest BCUT2D eigenvalue weighted by Gasteiger charge is 2.02. The Bertz CT molecular complexity index is 338. The van der Waals surface area contributed by atoms with E-state index >= 15 is 0 Å². The quantitative estimate of drug-likeness (QED) is 0.738. The van der Waals surface area contributed by atoms with Gasteiger partial charge in [-0.2, -0.15) is 0 Å². The van der Waals surface area contributed by atoms with Crippen LogP contribution in [0.5, 0.6) is 11.5 Å². The molecule has 0 spiro atoms. The van der Waals surface area contributed by atoms with Gasteiger partial charge in [0.2, 0.25) is 0 Å². The number of rotatable bonds is 7. The van der Waals surface area contributed by atoms with Gasteiger partial charge < -0.3 is 20.1 Å². The summed E-state index contributed by atoms with van der Waals surface area (Å²) in [6, 6.07) is 5.43. The Hall–Kier alpha value is -1.42. The fourth-order valence-corrected chi connectivity index (χ4v) is 1.63. The predicted molar refractivity (Wildman–Crippen MR) is 70.7 cm³/mol. The molecule has 0 fully saturated rings. The van der Waals surface area contributed by atoms with E-state index in [9.17, 15) is 0 Å². The molecule has 1 aromatic carbocycles. The van der Waals surface area contributed by atoms with Crippen LogP contribution in [0.25, 0.3) is 0 Å². The average Bonchev–Trinajstić information content (AvgIpc) is 2.34. The summed E-state index contributed by atoms with van der Waals surface area (Å²) in [6.07, 6.45) is 0. The largest absolute Gasteiger partial charge is 0.497 e. The van der Waals surface area contributed by atoms with Gasteiger partial charge in [0.05, 0.1) is 7.11 Å². The third kappa shape index (κ3) is 4.53. The number of nitrogen functional groups attached to an aromatic ring is 1. The van der Waals surface area contributed by atoms with Gasteiger partial charge in [0.15, 0.2) is 0 Å². The molecule has 0 radical (unpaired) electrons. The number of hydrogen-bond donors (Lipinski definition) is 1. The molecule has 1 aromatic rings. The first kappa shape index (κ1) is 13.6. The average molecular weight is 238 g/mol. The lowest BCUT2D eigenvalue weighted by atomic mass is 10.3. The van der Waals surface area contributed by atoms with Gasteiger partial charge in [-0.1, -0.05) is 13.8 Å². The van der Waals surface area contributed by atoms with E-state index in [2.05, 4.69) is 18.7 Å². The number of likely N-dealkylation sites (N-methyl/N-ethyl adjacent to an activating group) is 1. The van der Waals surface area contributed by atoms with Crippen LogP contribution in [-0.4, -0.2) is 38.3 Å². The standard InChI is InChI=1S/C13H22N2O2/c1-4-15(5-2)6-7-17-13-9-11(14)8-12(10-13)16-3/h8-10H,4-7,14H2,1-3H3. The molecule has 1 rings (SSSR count). The molecule has 4 nitrogen and oxygen atoms in total. The van der Waals surface area contributed by atoms with E-state index < -0.39 is 0 Å². The molecule has 2 N–H and O–H groups in total. The minimum Gasteiger partial charge on any atom is -0.497 e. The number of anilines is 1. The summed E-state index contributed by atoms with van der Waals surface area (Å²) in [7, 11) is 1.62. The van der Waals surface area contributed by atoms with Crippen molar-refractivity contribution in [3.05, 3.63) is 18.2 Å². The smallest absolute Gasteiger partial charge is 0.125 e. The first-order chi connectivity index (χ1) is 8.19. The SMILES string of the molecule is CCN(CC)CCOc1cc(N)cc(OC)c1. The molecule has 0 aromatic heterocycles. The second kappa shape index (κ2) is 7.01. The first-order valence-corrected chi connectivity index (χ1v) is 5.99. The van der Waals surface area contributed by atoms with E-state index in [1.165, 1.54) is 0 Å². The fraction of sp³-hybridized carbons (Fsp3) is 0.538. The van der Waals surface area contributed by atoms with Crippen LogP contribution in [0, 0.1) is 0 Å². The van der Waals surface area contributed by atoms with Crippen molar-refractivity contribution in [3.8, 4) is 11.5 Å². The highest BCUT2D eigenvalue weighted by atomic mass is 16.5. The van der Waals surface area contributed by atoms with Crippen LogP contribution in [-0.2, 0) is 0 Å². The van der Waals surface area contributed by atoms with Crippen LogP contribution in [0.3, 0.4) is 0 Å². The van der Waals surface area contributed by atoms with Crippen molar-refractivity contribution < 1.29 is 9.47 Å². The maximum absolute atomic E-state index is 5.75. The Kier molecular flexibility index (Phi) is 5.63. The molecule has 4 heteroatoms. The van der Waals surface area contributed by atoms with Gasteiger partial charge in [-0.15, -0.1) is 0 Å². The molecule has 0 aliphatic heterocycles. The molecule has 0 unspecified atom stereocenters. The molecule has 17 heavy (non-hydrogen) atoms. The van der Waals surface area contributed by atoms with Crippen LogP contribution in [0.2, 0.25) is 0 Å². The summed E-state index contributed by atoms with van der Waals surface area (Å²) in [5, 5.41) is 0. The van der Waals surface area contributed by atoms with Crippen LogP contribution >= 0.6 is 0 Å². The van der Waals surface area contributed by atoms with Crippen molar-refractivity contribution in [2.75, 3.05) is 39.1 Å². The molecule has 0 saturated heterocycles. The van der Waals surface area contributed by atoms with Crippen LogP contribution in [0.15, 0.2) is 18.2 Å². The number of benzene rings is 1. The van der Waals surface area contributed by atoms with Crippen molar-refractivity contribution >= 4 is 5.69 Å². The molecule has 0 atom stereocenters. The molecule has 96 valence electrons. The van der Waals surface area contributed by atoms with Crippen molar-refractivity contribution in [2.24, 2.45) is 0 Å². The van der Waals surface area contributed by atoms with Crippen molar-refractivity contribution in [1.29, 1.82) is 0 Å². The second-order valence-corrected chi connectivity index (χ2v) is 3.82. The molecular formula is C13H22N2O2. The lowest BCUT2D eigenvalue weighted by molar-refractivity contribution is 0.222. The fourth-order valence-electron chi connectivity index (χ4n) is 1.63.